The molecule has 0 spiro atoms. The lowest BCUT2D eigenvalue weighted by Gasteiger charge is -2.20. The average Bonchev–Trinajstić information content (AvgIpc) is 2.95. The minimum absolute atomic E-state index is 0. The predicted molar refractivity (Wildman–Crippen MR) is 101 cm³/mol. The van der Waals surface area contributed by atoms with Crippen molar-refractivity contribution < 1.29 is 0 Å². The lowest BCUT2D eigenvalue weighted by molar-refractivity contribution is 0.465. The van der Waals surface area contributed by atoms with Gasteiger partial charge in [0.25, 0.3) is 0 Å². The van der Waals surface area contributed by atoms with Crippen molar-refractivity contribution in [2.24, 2.45) is 10.7 Å². The molecule has 1 aromatic heterocycles. The third-order valence-electron chi connectivity index (χ3n) is 3.85. The number of aryl methyl sites for hydroxylation is 2. The van der Waals surface area contributed by atoms with Crippen LogP contribution >= 0.6 is 24.0 Å². The number of nitrogens with one attached hydrogen (secondary N) is 1. The number of guanidine groups is 1. The maximum Gasteiger partial charge on any atom is 0.193 e. The van der Waals surface area contributed by atoms with Gasteiger partial charge in [-0.15, -0.1) is 24.0 Å². The van der Waals surface area contributed by atoms with Gasteiger partial charge in [0.05, 0.1) is 6.04 Å². The second-order valence-electron chi connectivity index (χ2n) is 5.38. The Bertz CT molecular complexity index is 649. The molecule has 1 unspecified atom stereocenters. The number of hydrogen-bond donors (Lipinski definition) is 2. The van der Waals surface area contributed by atoms with Crippen molar-refractivity contribution in [3.8, 4) is 0 Å². The van der Waals surface area contributed by atoms with Crippen LogP contribution in [0.5, 0.6) is 0 Å². The van der Waals surface area contributed by atoms with E-state index in [-0.39, 0.29) is 30.0 Å². The van der Waals surface area contributed by atoms with Crippen molar-refractivity contribution in [2.75, 3.05) is 5.32 Å². The molecule has 0 aliphatic carbocycles. The van der Waals surface area contributed by atoms with Gasteiger partial charge in [0.2, 0.25) is 0 Å². The quantitative estimate of drug-likeness (QED) is 0.464. The van der Waals surface area contributed by atoms with E-state index in [4.69, 9.17) is 5.73 Å². The van der Waals surface area contributed by atoms with Gasteiger partial charge < -0.3 is 15.6 Å². The summed E-state index contributed by atoms with van der Waals surface area (Å²) in [7, 11) is 0. The van der Waals surface area contributed by atoms with Crippen LogP contribution in [0.1, 0.15) is 24.7 Å². The van der Waals surface area contributed by atoms with Gasteiger partial charge in [0.15, 0.2) is 5.96 Å². The van der Waals surface area contributed by atoms with Gasteiger partial charge in [-0.1, -0.05) is 19.1 Å². The Morgan fingerprint density at radius 2 is 2.36 bits per heavy atom. The van der Waals surface area contributed by atoms with Gasteiger partial charge in [0.1, 0.15) is 5.82 Å². The third-order valence-corrected chi connectivity index (χ3v) is 3.85. The lowest BCUT2D eigenvalue weighted by Crippen LogP contribution is -2.29. The van der Waals surface area contributed by atoms with Gasteiger partial charge in [0, 0.05) is 31.0 Å². The molecule has 0 saturated heterocycles. The number of anilines is 1. The van der Waals surface area contributed by atoms with Crippen molar-refractivity contribution >= 4 is 35.6 Å². The number of aromatic nitrogens is 2. The second kappa shape index (κ2) is 7.62. The van der Waals surface area contributed by atoms with E-state index in [1.807, 2.05) is 24.5 Å². The number of halogens is 1. The molecule has 22 heavy (non-hydrogen) atoms. The number of nitrogens with zero attached hydrogens (tertiary/aromatic N) is 3. The first-order valence-electron chi connectivity index (χ1n) is 7.44. The Balaban J connectivity index is 0.00000176. The van der Waals surface area contributed by atoms with Gasteiger partial charge in [-0.2, -0.15) is 0 Å². The monoisotopic (exact) mass is 411 g/mol. The maximum absolute atomic E-state index is 6.04. The smallest absolute Gasteiger partial charge is 0.193 e. The van der Waals surface area contributed by atoms with Crippen LogP contribution in [0.25, 0.3) is 0 Å². The Morgan fingerprint density at radius 1 is 1.50 bits per heavy atom. The largest absolute Gasteiger partial charge is 0.370 e. The molecule has 5 nitrogen and oxygen atoms in total. The van der Waals surface area contributed by atoms with Crippen molar-refractivity contribution in [3.05, 3.63) is 48.0 Å². The van der Waals surface area contributed by atoms with Crippen LogP contribution in [0.4, 0.5) is 5.69 Å². The Labute approximate surface area is 148 Å². The van der Waals surface area contributed by atoms with Gasteiger partial charge >= 0.3 is 0 Å². The van der Waals surface area contributed by atoms with E-state index in [2.05, 4.69) is 38.9 Å². The molecule has 2 aromatic rings. The fraction of sp³-hybridized carbons (Fsp3) is 0.375. The molecule has 0 radical (unpaired) electrons. The van der Waals surface area contributed by atoms with Crippen LogP contribution in [0.2, 0.25) is 0 Å². The van der Waals surface area contributed by atoms with Crippen molar-refractivity contribution in [3.63, 3.8) is 0 Å². The standard InChI is InChI=1S/C16H21N5.HI/c1-2-12-4-3-5-13(10-12)19-16(17)20-14-6-8-21-9-7-18-15(21)11-14;/h3-5,7,9-10,14H,2,6,8,11H2,1H3,(H3,17,19,20);1H. The number of hydrogen-bond acceptors (Lipinski definition) is 2. The van der Waals surface area contributed by atoms with E-state index in [1.54, 1.807) is 0 Å². The zero-order valence-electron chi connectivity index (χ0n) is 12.7. The first-order chi connectivity index (χ1) is 10.2. The minimum Gasteiger partial charge on any atom is -0.370 e. The van der Waals surface area contributed by atoms with Crippen molar-refractivity contribution in [1.82, 2.24) is 9.55 Å². The number of aliphatic imine (C=N–C) groups is 1. The molecule has 0 saturated carbocycles. The van der Waals surface area contributed by atoms with Crippen molar-refractivity contribution in [1.29, 1.82) is 0 Å². The number of benzene rings is 1. The molecule has 6 heteroatoms. The van der Waals surface area contributed by atoms with Gasteiger partial charge in [-0.05, 0) is 30.5 Å². The number of imidazole rings is 1. The minimum atomic E-state index is 0. The molecule has 1 aliphatic heterocycles. The number of rotatable bonds is 3. The van der Waals surface area contributed by atoms with E-state index in [0.29, 0.717) is 5.96 Å². The summed E-state index contributed by atoms with van der Waals surface area (Å²) in [5.74, 6) is 1.57. The van der Waals surface area contributed by atoms with E-state index < -0.39 is 0 Å². The summed E-state index contributed by atoms with van der Waals surface area (Å²) in [5.41, 5.74) is 8.31. The van der Waals surface area contributed by atoms with Crippen LogP contribution in [0, 0.1) is 0 Å². The van der Waals surface area contributed by atoms with Crippen LogP contribution in [-0.4, -0.2) is 21.6 Å². The summed E-state index contributed by atoms with van der Waals surface area (Å²) in [6, 6.07) is 8.47. The molecular weight excluding hydrogens is 389 g/mol. The average molecular weight is 411 g/mol. The number of fused-ring (bicyclic) bond motifs is 1. The summed E-state index contributed by atoms with van der Waals surface area (Å²) >= 11 is 0. The highest BCUT2D eigenvalue weighted by Gasteiger charge is 2.18. The van der Waals surface area contributed by atoms with E-state index in [0.717, 1.165) is 37.3 Å². The Morgan fingerprint density at radius 3 is 3.18 bits per heavy atom. The summed E-state index contributed by atoms with van der Waals surface area (Å²) in [4.78, 5) is 8.95. The van der Waals surface area contributed by atoms with Crippen LogP contribution in [0.15, 0.2) is 41.7 Å². The normalized spacial score (nSPS) is 17.5. The molecule has 3 N–H and O–H groups in total. The molecule has 1 aromatic carbocycles. The number of nitrogens with two attached hydrogens (primary N) is 1. The second-order valence-corrected chi connectivity index (χ2v) is 5.38. The SMILES string of the molecule is CCc1cccc(NC(N)=NC2CCn3ccnc3C2)c1.I. The first-order valence-corrected chi connectivity index (χ1v) is 7.44. The molecular formula is C16H22IN5. The molecule has 0 fully saturated rings. The topological polar surface area (TPSA) is 68.2 Å². The highest BCUT2D eigenvalue weighted by Crippen LogP contribution is 2.16. The van der Waals surface area contributed by atoms with Crippen molar-refractivity contribution in [2.45, 2.75) is 38.8 Å². The fourth-order valence-electron chi connectivity index (χ4n) is 2.69. The van der Waals surface area contributed by atoms with E-state index >= 15 is 0 Å². The fourth-order valence-corrected chi connectivity index (χ4v) is 2.69. The maximum atomic E-state index is 6.04. The molecule has 118 valence electrons. The zero-order chi connectivity index (χ0) is 14.7. The Kier molecular flexibility index (Phi) is 5.82. The summed E-state index contributed by atoms with van der Waals surface area (Å²) in [5, 5.41) is 3.18. The predicted octanol–water partition coefficient (Wildman–Crippen LogP) is 2.81. The lowest BCUT2D eigenvalue weighted by atomic mass is 10.1. The molecule has 1 atom stereocenters. The van der Waals surface area contributed by atoms with Crippen LogP contribution in [0.3, 0.4) is 0 Å². The molecule has 1 aliphatic rings. The first kappa shape index (κ1) is 16.8. The molecule has 3 rings (SSSR count). The molecule has 0 amide bonds. The van der Waals surface area contributed by atoms with E-state index in [1.165, 1.54) is 5.56 Å². The van der Waals surface area contributed by atoms with Gasteiger partial charge in [-0.3, -0.25) is 0 Å². The summed E-state index contributed by atoms with van der Waals surface area (Å²) in [6.45, 7) is 3.10. The highest BCUT2D eigenvalue weighted by atomic mass is 127. The van der Waals surface area contributed by atoms with Crippen LogP contribution < -0.4 is 11.1 Å². The molecule has 2 heterocycles. The zero-order valence-corrected chi connectivity index (χ0v) is 15.0. The van der Waals surface area contributed by atoms with E-state index in [9.17, 15) is 0 Å². The Hall–Kier alpha value is -1.57. The summed E-state index contributed by atoms with van der Waals surface area (Å²) < 4.78 is 2.18. The third kappa shape index (κ3) is 4.00. The van der Waals surface area contributed by atoms with Crippen LogP contribution in [-0.2, 0) is 19.4 Å². The van der Waals surface area contributed by atoms with Gasteiger partial charge in [-0.25, -0.2) is 9.98 Å². The summed E-state index contributed by atoms with van der Waals surface area (Å²) in [6.07, 6.45) is 6.73. The molecule has 0 bridgehead atoms. The highest BCUT2D eigenvalue weighted by molar-refractivity contribution is 14.0.